The third-order valence-corrected chi connectivity index (χ3v) is 3.36. The Hall–Kier alpha value is -0.610. The first-order valence-corrected chi connectivity index (χ1v) is 5.90. The van der Waals surface area contributed by atoms with Gasteiger partial charge in [0.2, 0.25) is 0 Å². The molecule has 1 aromatic carbocycles. The van der Waals surface area contributed by atoms with Gasteiger partial charge in [-0.15, -0.1) is 0 Å². The first-order valence-electron chi connectivity index (χ1n) is 5.11. The maximum absolute atomic E-state index is 13.0. The van der Waals surface area contributed by atoms with Crippen molar-refractivity contribution < 1.29 is 4.39 Å². The first kappa shape index (κ1) is 10.9. The van der Waals surface area contributed by atoms with Crippen LogP contribution in [0.25, 0.3) is 0 Å². The van der Waals surface area contributed by atoms with Crippen molar-refractivity contribution in [1.82, 2.24) is 5.32 Å². The van der Waals surface area contributed by atoms with Gasteiger partial charge < -0.3 is 10.2 Å². The normalized spacial score (nSPS) is 21.8. The van der Waals surface area contributed by atoms with Crippen molar-refractivity contribution in [2.45, 2.75) is 13.0 Å². The van der Waals surface area contributed by atoms with Crippen molar-refractivity contribution in [3.63, 3.8) is 0 Å². The molecule has 0 radical (unpaired) electrons. The van der Waals surface area contributed by atoms with Crippen LogP contribution in [0.5, 0.6) is 0 Å². The van der Waals surface area contributed by atoms with Crippen LogP contribution in [0.2, 0.25) is 0 Å². The van der Waals surface area contributed by atoms with Gasteiger partial charge >= 0.3 is 0 Å². The van der Waals surface area contributed by atoms with E-state index in [2.05, 4.69) is 33.1 Å². The molecule has 1 unspecified atom stereocenters. The highest BCUT2D eigenvalue weighted by atomic mass is 79.9. The number of benzene rings is 1. The molecule has 0 aliphatic carbocycles. The summed E-state index contributed by atoms with van der Waals surface area (Å²) in [6.07, 6.45) is 0. The summed E-state index contributed by atoms with van der Waals surface area (Å²) < 4.78 is 13.8. The van der Waals surface area contributed by atoms with E-state index in [0.717, 1.165) is 29.8 Å². The van der Waals surface area contributed by atoms with Crippen molar-refractivity contribution in [3.05, 3.63) is 28.5 Å². The Labute approximate surface area is 97.6 Å². The van der Waals surface area contributed by atoms with Crippen LogP contribution in [0.4, 0.5) is 10.1 Å². The topological polar surface area (TPSA) is 15.3 Å². The Morgan fingerprint density at radius 2 is 2.33 bits per heavy atom. The molecule has 1 aliphatic heterocycles. The van der Waals surface area contributed by atoms with E-state index in [0.29, 0.717) is 6.04 Å². The molecule has 0 bridgehead atoms. The van der Waals surface area contributed by atoms with Crippen LogP contribution in [0, 0.1) is 5.82 Å². The molecular weight excluding hydrogens is 259 g/mol. The van der Waals surface area contributed by atoms with E-state index in [1.54, 1.807) is 0 Å². The summed E-state index contributed by atoms with van der Waals surface area (Å²) in [4.78, 5) is 2.29. The molecule has 1 saturated heterocycles. The molecule has 0 spiro atoms. The lowest BCUT2D eigenvalue weighted by molar-refractivity contribution is 0.500. The molecule has 1 N–H and O–H groups in total. The fourth-order valence-electron chi connectivity index (χ4n) is 1.91. The van der Waals surface area contributed by atoms with Gasteiger partial charge in [0, 0.05) is 30.1 Å². The van der Waals surface area contributed by atoms with Crippen LogP contribution in [0.1, 0.15) is 6.92 Å². The lowest BCUT2D eigenvalue weighted by Gasteiger charge is -2.36. The number of nitrogens with one attached hydrogen (secondary N) is 1. The predicted octanol–water partition coefficient (Wildman–Crippen LogP) is 2.39. The quantitative estimate of drug-likeness (QED) is 0.845. The molecule has 4 heteroatoms. The summed E-state index contributed by atoms with van der Waals surface area (Å²) in [6, 6.07) is 5.31. The van der Waals surface area contributed by atoms with Gasteiger partial charge in [0.1, 0.15) is 5.82 Å². The highest BCUT2D eigenvalue weighted by Crippen LogP contribution is 2.28. The SMILES string of the molecule is CC1CNCCN1c1ccc(F)cc1Br. The number of rotatable bonds is 1. The summed E-state index contributed by atoms with van der Waals surface area (Å²) in [7, 11) is 0. The molecule has 1 fully saturated rings. The Morgan fingerprint density at radius 1 is 1.53 bits per heavy atom. The van der Waals surface area contributed by atoms with E-state index in [9.17, 15) is 4.39 Å². The van der Waals surface area contributed by atoms with Gasteiger partial charge in [-0.2, -0.15) is 0 Å². The summed E-state index contributed by atoms with van der Waals surface area (Å²) in [6.45, 7) is 5.09. The number of piperazine rings is 1. The van der Waals surface area contributed by atoms with Gasteiger partial charge in [-0.3, -0.25) is 0 Å². The van der Waals surface area contributed by atoms with Gasteiger partial charge in [0.15, 0.2) is 0 Å². The molecule has 0 amide bonds. The number of halogens is 2. The molecule has 82 valence electrons. The highest BCUT2D eigenvalue weighted by molar-refractivity contribution is 9.10. The zero-order valence-electron chi connectivity index (χ0n) is 8.63. The van der Waals surface area contributed by atoms with E-state index in [4.69, 9.17) is 0 Å². The van der Waals surface area contributed by atoms with E-state index < -0.39 is 0 Å². The van der Waals surface area contributed by atoms with Gasteiger partial charge in [0.05, 0.1) is 5.69 Å². The van der Waals surface area contributed by atoms with Crippen LogP contribution in [-0.4, -0.2) is 25.7 Å². The minimum Gasteiger partial charge on any atom is -0.365 e. The smallest absolute Gasteiger partial charge is 0.124 e. The first-order chi connectivity index (χ1) is 7.18. The molecule has 1 heterocycles. The van der Waals surface area contributed by atoms with E-state index in [1.165, 1.54) is 12.1 Å². The Kier molecular flexibility index (Phi) is 3.26. The summed E-state index contributed by atoms with van der Waals surface area (Å²) >= 11 is 3.41. The van der Waals surface area contributed by atoms with Crippen molar-refractivity contribution >= 4 is 21.6 Å². The number of hydrogen-bond donors (Lipinski definition) is 1. The minimum absolute atomic E-state index is 0.201. The predicted molar refractivity (Wildman–Crippen MR) is 63.8 cm³/mol. The van der Waals surface area contributed by atoms with Crippen LogP contribution in [0.15, 0.2) is 22.7 Å². The minimum atomic E-state index is -0.201. The molecule has 2 nitrogen and oxygen atoms in total. The second kappa shape index (κ2) is 4.49. The molecule has 1 atom stereocenters. The summed E-state index contributed by atoms with van der Waals surface area (Å²) in [5.74, 6) is -0.201. The Morgan fingerprint density at radius 3 is 3.00 bits per heavy atom. The zero-order chi connectivity index (χ0) is 10.8. The lowest BCUT2D eigenvalue weighted by atomic mass is 10.2. The van der Waals surface area contributed by atoms with Crippen molar-refractivity contribution in [3.8, 4) is 0 Å². The van der Waals surface area contributed by atoms with Crippen molar-refractivity contribution in [1.29, 1.82) is 0 Å². The number of nitrogens with zero attached hydrogens (tertiary/aromatic N) is 1. The third-order valence-electron chi connectivity index (χ3n) is 2.72. The third kappa shape index (κ3) is 2.32. The summed E-state index contributed by atoms with van der Waals surface area (Å²) in [5.41, 5.74) is 1.07. The number of hydrogen-bond acceptors (Lipinski definition) is 2. The standard InChI is InChI=1S/C11H14BrFN2/c1-8-7-14-4-5-15(8)11-3-2-9(13)6-10(11)12/h2-3,6,8,14H,4-5,7H2,1H3. The van der Waals surface area contributed by atoms with Gasteiger partial charge in [0.25, 0.3) is 0 Å². The van der Waals surface area contributed by atoms with Crippen LogP contribution in [-0.2, 0) is 0 Å². The van der Waals surface area contributed by atoms with Gasteiger partial charge in [-0.05, 0) is 41.1 Å². The van der Waals surface area contributed by atoms with Crippen molar-refractivity contribution in [2.24, 2.45) is 0 Å². The molecular formula is C11H14BrFN2. The average Bonchev–Trinajstić information content (AvgIpc) is 2.20. The molecule has 15 heavy (non-hydrogen) atoms. The molecule has 2 rings (SSSR count). The zero-order valence-corrected chi connectivity index (χ0v) is 10.2. The number of anilines is 1. The maximum Gasteiger partial charge on any atom is 0.124 e. The van der Waals surface area contributed by atoms with Crippen molar-refractivity contribution in [2.75, 3.05) is 24.5 Å². The van der Waals surface area contributed by atoms with Crippen LogP contribution < -0.4 is 10.2 Å². The van der Waals surface area contributed by atoms with E-state index in [1.807, 2.05) is 6.07 Å². The largest absolute Gasteiger partial charge is 0.365 e. The van der Waals surface area contributed by atoms with E-state index in [-0.39, 0.29) is 5.82 Å². The summed E-state index contributed by atoms with van der Waals surface area (Å²) in [5, 5.41) is 3.33. The molecule has 0 aromatic heterocycles. The second-order valence-electron chi connectivity index (χ2n) is 3.84. The lowest BCUT2D eigenvalue weighted by Crippen LogP contribution is -2.50. The second-order valence-corrected chi connectivity index (χ2v) is 4.70. The molecule has 0 saturated carbocycles. The van der Waals surface area contributed by atoms with Crippen LogP contribution in [0.3, 0.4) is 0 Å². The fraction of sp³-hybridized carbons (Fsp3) is 0.455. The molecule has 1 aromatic rings. The van der Waals surface area contributed by atoms with Crippen LogP contribution >= 0.6 is 15.9 Å². The average molecular weight is 273 g/mol. The maximum atomic E-state index is 13.0. The Balaban J connectivity index is 2.27. The van der Waals surface area contributed by atoms with Gasteiger partial charge in [-0.25, -0.2) is 4.39 Å². The fourth-order valence-corrected chi connectivity index (χ4v) is 2.49. The molecule has 1 aliphatic rings. The van der Waals surface area contributed by atoms with Gasteiger partial charge in [-0.1, -0.05) is 0 Å². The highest BCUT2D eigenvalue weighted by Gasteiger charge is 2.19. The van der Waals surface area contributed by atoms with E-state index >= 15 is 0 Å². The Bertz CT molecular complexity index is 356. The monoisotopic (exact) mass is 272 g/mol.